The molecule has 0 aliphatic heterocycles. The normalized spacial score (nSPS) is 12.2. The highest BCUT2D eigenvalue weighted by atomic mass is 32.2. The summed E-state index contributed by atoms with van der Waals surface area (Å²) in [4.78, 5) is 29.6. The number of methoxy groups -OCH3 is 3. The molecule has 0 aliphatic rings. The van der Waals surface area contributed by atoms with Gasteiger partial charge in [0.2, 0.25) is 21.8 Å². The molecular formula is C32H41N3O7S. The lowest BCUT2D eigenvalue weighted by atomic mass is 10.0. The zero-order chi connectivity index (χ0) is 31.8. The van der Waals surface area contributed by atoms with Crippen LogP contribution in [0.4, 0.5) is 5.69 Å². The van der Waals surface area contributed by atoms with Gasteiger partial charge in [-0.2, -0.15) is 0 Å². The van der Waals surface area contributed by atoms with Gasteiger partial charge < -0.3 is 24.4 Å². The van der Waals surface area contributed by atoms with E-state index in [-0.39, 0.29) is 30.3 Å². The lowest BCUT2D eigenvalue weighted by molar-refractivity contribution is -0.140. The van der Waals surface area contributed by atoms with Crippen molar-refractivity contribution in [3.63, 3.8) is 0 Å². The van der Waals surface area contributed by atoms with Crippen LogP contribution in [0.25, 0.3) is 0 Å². The lowest BCUT2D eigenvalue weighted by Crippen LogP contribution is -2.56. The number of sulfonamides is 1. The number of hydrogen-bond acceptors (Lipinski definition) is 7. The van der Waals surface area contributed by atoms with Gasteiger partial charge in [0.05, 0.1) is 33.3 Å². The highest BCUT2D eigenvalue weighted by molar-refractivity contribution is 7.92. The van der Waals surface area contributed by atoms with E-state index in [2.05, 4.69) is 5.32 Å². The Kier molecular flexibility index (Phi) is 11.0. The Hall–Kier alpha value is -4.25. The van der Waals surface area contributed by atoms with Crippen molar-refractivity contribution in [2.24, 2.45) is 0 Å². The molecule has 1 unspecified atom stereocenters. The minimum absolute atomic E-state index is 0.0257. The van der Waals surface area contributed by atoms with Crippen LogP contribution in [-0.4, -0.2) is 70.8 Å². The fraction of sp³-hybridized carbons (Fsp3) is 0.375. The second-order valence-electron chi connectivity index (χ2n) is 11.1. The first kappa shape index (κ1) is 33.3. The fourth-order valence-electron chi connectivity index (χ4n) is 4.56. The number of benzene rings is 3. The van der Waals surface area contributed by atoms with E-state index in [1.165, 1.54) is 25.2 Å². The largest absolute Gasteiger partial charge is 0.497 e. The van der Waals surface area contributed by atoms with Crippen molar-refractivity contribution in [1.29, 1.82) is 0 Å². The zero-order valence-corrected chi connectivity index (χ0v) is 26.6. The number of ether oxygens (including phenoxy) is 3. The summed E-state index contributed by atoms with van der Waals surface area (Å²) in [6.45, 7) is 5.02. The average Bonchev–Trinajstić information content (AvgIpc) is 2.96. The maximum Gasteiger partial charge on any atom is 0.244 e. The van der Waals surface area contributed by atoms with Crippen molar-refractivity contribution >= 4 is 27.5 Å². The van der Waals surface area contributed by atoms with Gasteiger partial charge in [0, 0.05) is 24.6 Å². The first-order valence-electron chi connectivity index (χ1n) is 13.7. The summed E-state index contributed by atoms with van der Waals surface area (Å²) >= 11 is 0. The predicted molar refractivity (Wildman–Crippen MR) is 167 cm³/mol. The number of nitrogens with zero attached hydrogens (tertiary/aromatic N) is 2. The molecule has 10 nitrogen and oxygen atoms in total. The van der Waals surface area contributed by atoms with E-state index in [4.69, 9.17) is 14.2 Å². The van der Waals surface area contributed by atoms with Gasteiger partial charge in [-0.3, -0.25) is 13.9 Å². The minimum atomic E-state index is -3.99. The van der Waals surface area contributed by atoms with Gasteiger partial charge in [0.15, 0.2) is 0 Å². The van der Waals surface area contributed by atoms with Crippen LogP contribution < -0.4 is 23.8 Å². The minimum Gasteiger partial charge on any atom is -0.497 e. The van der Waals surface area contributed by atoms with Crippen molar-refractivity contribution in [1.82, 2.24) is 10.2 Å². The highest BCUT2D eigenvalue weighted by Crippen LogP contribution is 2.34. The average molecular weight is 612 g/mol. The molecule has 0 aliphatic carbocycles. The number of carbonyl (C=O) groups is 2. The van der Waals surface area contributed by atoms with Gasteiger partial charge in [-0.1, -0.05) is 42.5 Å². The van der Waals surface area contributed by atoms with Gasteiger partial charge in [0.1, 0.15) is 29.8 Å². The molecule has 3 rings (SSSR count). The number of rotatable bonds is 13. The number of hydrogen-bond donors (Lipinski definition) is 1. The standard InChI is InChI=1S/C32H41N3O7S/c1-32(2,3)33-31(37)28(19-23-12-9-8-10-13-23)34(21-24-14-11-15-25(18-24)40-4)30(36)22-35(43(7,38)39)27-20-26(41-5)16-17-29(27)42-6/h8-18,20,28H,19,21-22H2,1-7H3,(H,33,37). The van der Waals surface area contributed by atoms with Crippen molar-refractivity contribution < 1.29 is 32.2 Å². The van der Waals surface area contributed by atoms with Gasteiger partial charge in [-0.25, -0.2) is 8.42 Å². The van der Waals surface area contributed by atoms with Crippen LogP contribution in [0, 0.1) is 0 Å². The number of nitrogens with one attached hydrogen (secondary N) is 1. The maximum absolute atomic E-state index is 14.3. The Morgan fingerprint density at radius 3 is 2.05 bits per heavy atom. The second-order valence-corrected chi connectivity index (χ2v) is 13.0. The zero-order valence-electron chi connectivity index (χ0n) is 25.8. The molecule has 0 spiro atoms. The summed E-state index contributed by atoms with van der Waals surface area (Å²) in [5, 5.41) is 3.01. The fourth-order valence-corrected chi connectivity index (χ4v) is 5.41. The molecule has 0 aromatic heterocycles. The van der Waals surface area contributed by atoms with Crippen LogP contribution >= 0.6 is 0 Å². The van der Waals surface area contributed by atoms with E-state index in [1.54, 1.807) is 37.4 Å². The van der Waals surface area contributed by atoms with E-state index < -0.39 is 34.1 Å². The molecule has 11 heteroatoms. The first-order valence-corrected chi connectivity index (χ1v) is 15.6. The molecule has 2 amide bonds. The number of anilines is 1. The molecule has 1 N–H and O–H groups in total. The van der Waals surface area contributed by atoms with Gasteiger partial charge in [0.25, 0.3) is 0 Å². The third-order valence-electron chi connectivity index (χ3n) is 6.59. The van der Waals surface area contributed by atoms with Crippen LogP contribution in [0.15, 0.2) is 72.8 Å². The van der Waals surface area contributed by atoms with Crippen LogP contribution in [0.5, 0.6) is 17.2 Å². The summed E-state index contributed by atoms with van der Waals surface area (Å²) in [7, 11) is 0.422. The Morgan fingerprint density at radius 2 is 1.47 bits per heavy atom. The van der Waals surface area contributed by atoms with Crippen LogP contribution in [0.1, 0.15) is 31.9 Å². The Morgan fingerprint density at radius 1 is 0.837 bits per heavy atom. The number of carbonyl (C=O) groups excluding carboxylic acids is 2. The highest BCUT2D eigenvalue weighted by Gasteiger charge is 2.35. The molecule has 0 bridgehead atoms. The summed E-state index contributed by atoms with van der Waals surface area (Å²) < 4.78 is 43.4. The summed E-state index contributed by atoms with van der Waals surface area (Å²) in [6, 6.07) is 20.3. The Balaban J connectivity index is 2.14. The SMILES string of the molecule is COc1cccc(CN(C(=O)CN(c2cc(OC)ccc2OC)S(C)(=O)=O)C(Cc2ccccc2)C(=O)NC(C)(C)C)c1. The van der Waals surface area contributed by atoms with Crippen molar-refractivity contribution in [3.8, 4) is 17.2 Å². The van der Waals surface area contributed by atoms with Gasteiger partial charge in [-0.15, -0.1) is 0 Å². The molecule has 0 radical (unpaired) electrons. The van der Waals surface area contributed by atoms with Gasteiger partial charge in [-0.05, 0) is 56.2 Å². The van der Waals surface area contributed by atoms with Crippen molar-refractivity contribution in [2.75, 3.05) is 38.4 Å². The van der Waals surface area contributed by atoms with E-state index >= 15 is 0 Å². The lowest BCUT2D eigenvalue weighted by Gasteiger charge is -2.35. The first-order chi connectivity index (χ1) is 20.2. The molecule has 0 heterocycles. The molecule has 232 valence electrons. The quantitative estimate of drug-likeness (QED) is 0.310. The van der Waals surface area contributed by atoms with E-state index in [0.29, 0.717) is 17.1 Å². The molecule has 43 heavy (non-hydrogen) atoms. The molecule has 0 fully saturated rings. The summed E-state index contributed by atoms with van der Waals surface area (Å²) in [5.74, 6) is 0.268. The van der Waals surface area contributed by atoms with Crippen molar-refractivity contribution in [3.05, 3.63) is 83.9 Å². The third kappa shape index (κ3) is 9.37. The second kappa shape index (κ2) is 14.3. The molecular weight excluding hydrogens is 570 g/mol. The molecule has 0 saturated carbocycles. The predicted octanol–water partition coefficient (Wildman–Crippen LogP) is 4.03. The summed E-state index contributed by atoms with van der Waals surface area (Å²) in [6.07, 6.45) is 1.22. The maximum atomic E-state index is 14.3. The number of amides is 2. The van der Waals surface area contributed by atoms with E-state index in [9.17, 15) is 18.0 Å². The van der Waals surface area contributed by atoms with Gasteiger partial charge >= 0.3 is 0 Å². The molecule has 1 atom stereocenters. The van der Waals surface area contributed by atoms with Crippen LogP contribution in [-0.2, 0) is 32.6 Å². The monoisotopic (exact) mass is 611 g/mol. The smallest absolute Gasteiger partial charge is 0.244 e. The Bertz CT molecular complexity index is 1500. The third-order valence-corrected chi connectivity index (χ3v) is 7.72. The molecule has 3 aromatic rings. The molecule has 0 saturated heterocycles. The molecule has 3 aromatic carbocycles. The summed E-state index contributed by atoms with van der Waals surface area (Å²) in [5.41, 5.74) is 1.11. The van der Waals surface area contributed by atoms with Crippen LogP contribution in [0.3, 0.4) is 0 Å². The van der Waals surface area contributed by atoms with Crippen LogP contribution in [0.2, 0.25) is 0 Å². The topological polar surface area (TPSA) is 114 Å². The van der Waals surface area contributed by atoms with Crippen molar-refractivity contribution in [2.45, 2.75) is 45.3 Å². The van der Waals surface area contributed by atoms with E-state index in [1.807, 2.05) is 57.2 Å². The Labute approximate surface area is 254 Å². The van der Waals surface area contributed by atoms with E-state index in [0.717, 1.165) is 16.1 Å².